The topological polar surface area (TPSA) is 85.4 Å². The van der Waals surface area contributed by atoms with E-state index >= 15 is 0 Å². The van der Waals surface area contributed by atoms with Gasteiger partial charge in [0.05, 0.1) is 23.9 Å². The van der Waals surface area contributed by atoms with Crippen molar-refractivity contribution >= 4 is 5.97 Å². The first-order valence-corrected chi connectivity index (χ1v) is 4.30. The molecule has 1 aromatic rings. The lowest BCUT2D eigenvalue weighted by molar-refractivity contribution is 0.0682. The Morgan fingerprint density at radius 1 is 1.69 bits per heavy atom. The van der Waals surface area contributed by atoms with Gasteiger partial charge in [0.1, 0.15) is 0 Å². The Morgan fingerprint density at radius 2 is 2.31 bits per heavy atom. The molecule has 16 heavy (non-hydrogen) atoms. The van der Waals surface area contributed by atoms with E-state index in [0.29, 0.717) is 0 Å². The Hall–Kier alpha value is -1.76. The number of halogens is 2. The molecule has 0 spiro atoms. The van der Waals surface area contributed by atoms with E-state index in [1.54, 1.807) is 0 Å². The van der Waals surface area contributed by atoms with Crippen molar-refractivity contribution in [1.29, 1.82) is 0 Å². The predicted octanol–water partition coefficient (Wildman–Crippen LogP) is 1.18. The van der Waals surface area contributed by atoms with Gasteiger partial charge in [-0.2, -0.15) is 0 Å². The molecule has 0 saturated heterocycles. The molecule has 0 bridgehead atoms. The Bertz CT molecular complexity index is 410. The zero-order chi connectivity index (χ0) is 12.3. The summed E-state index contributed by atoms with van der Waals surface area (Å²) in [6.07, 6.45) is -2.11. The zero-order valence-electron chi connectivity index (χ0n) is 8.41. The van der Waals surface area contributed by atoms with Gasteiger partial charge in [0.15, 0.2) is 5.75 Å². The number of carboxylic acids is 1. The Kier molecular flexibility index (Phi) is 3.73. The van der Waals surface area contributed by atoms with Gasteiger partial charge in [0.2, 0.25) is 0 Å². The quantitative estimate of drug-likeness (QED) is 0.814. The average Bonchev–Trinajstić information content (AvgIpc) is 2.26. The molecule has 0 atom stereocenters. The summed E-state index contributed by atoms with van der Waals surface area (Å²) in [5, 5.41) is 8.74. The van der Waals surface area contributed by atoms with E-state index in [1.165, 1.54) is 0 Å². The number of alkyl halides is 2. The smallest absolute Gasteiger partial charge is 0.337 e. The number of rotatable bonds is 4. The molecule has 88 valence electrons. The third-order valence-corrected chi connectivity index (χ3v) is 1.99. The second-order valence-corrected chi connectivity index (χ2v) is 2.88. The molecule has 0 unspecified atom stereocenters. The van der Waals surface area contributed by atoms with Gasteiger partial charge in [0.25, 0.3) is 6.43 Å². The largest absolute Gasteiger partial charge is 0.494 e. The van der Waals surface area contributed by atoms with Crippen molar-refractivity contribution in [2.45, 2.75) is 13.0 Å². The third kappa shape index (κ3) is 2.08. The molecule has 1 rings (SSSR count). The number of methoxy groups -OCH3 is 1. The summed E-state index contributed by atoms with van der Waals surface area (Å²) in [7, 11) is 1.16. The Morgan fingerprint density at radius 3 is 2.69 bits per heavy atom. The van der Waals surface area contributed by atoms with Gasteiger partial charge in [-0.05, 0) is 0 Å². The van der Waals surface area contributed by atoms with Crippen LogP contribution in [0, 0.1) is 0 Å². The second kappa shape index (κ2) is 4.84. The van der Waals surface area contributed by atoms with Crippen LogP contribution in [0.4, 0.5) is 8.78 Å². The summed E-state index contributed by atoms with van der Waals surface area (Å²) in [6.45, 7) is -0.108. The number of carbonyl (C=O) groups is 1. The molecular formula is C9H10F2N2O3. The molecule has 5 nitrogen and oxygen atoms in total. The van der Waals surface area contributed by atoms with Crippen molar-refractivity contribution in [3.8, 4) is 5.75 Å². The highest BCUT2D eigenvalue weighted by Gasteiger charge is 2.25. The molecule has 1 aromatic heterocycles. The highest BCUT2D eigenvalue weighted by molar-refractivity contribution is 5.90. The van der Waals surface area contributed by atoms with Crippen LogP contribution >= 0.6 is 0 Å². The molecule has 7 heteroatoms. The molecule has 0 aliphatic carbocycles. The number of nitrogens with zero attached hydrogens (tertiary/aromatic N) is 1. The maximum absolute atomic E-state index is 12.7. The van der Waals surface area contributed by atoms with Gasteiger partial charge in [-0.1, -0.05) is 0 Å². The normalized spacial score (nSPS) is 10.6. The van der Waals surface area contributed by atoms with E-state index < -0.39 is 23.5 Å². The lowest BCUT2D eigenvalue weighted by atomic mass is 10.1. The van der Waals surface area contributed by atoms with E-state index in [9.17, 15) is 13.6 Å². The summed E-state index contributed by atoms with van der Waals surface area (Å²) in [5.74, 6) is -1.75. The molecule has 3 N–H and O–H groups in total. The van der Waals surface area contributed by atoms with Gasteiger partial charge in [-0.3, -0.25) is 4.98 Å². The standard InChI is InChI=1S/C9H10F2N2O3/c1-16-7-5(2-12)13-3-4(9(14)15)6(7)8(10)11/h3,8H,2,12H2,1H3,(H,14,15). The maximum atomic E-state index is 12.7. The SMILES string of the molecule is COc1c(CN)ncc(C(=O)O)c1C(F)F. The van der Waals surface area contributed by atoms with Crippen molar-refractivity contribution in [1.82, 2.24) is 4.98 Å². The van der Waals surface area contributed by atoms with Crippen molar-refractivity contribution in [2.75, 3.05) is 7.11 Å². The van der Waals surface area contributed by atoms with Crippen LogP contribution in [0.2, 0.25) is 0 Å². The van der Waals surface area contributed by atoms with Gasteiger partial charge >= 0.3 is 5.97 Å². The van der Waals surface area contributed by atoms with Crippen LogP contribution in [-0.2, 0) is 6.54 Å². The monoisotopic (exact) mass is 232 g/mol. The van der Waals surface area contributed by atoms with Crippen LogP contribution in [0.25, 0.3) is 0 Å². The van der Waals surface area contributed by atoms with Gasteiger partial charge in [0, 0.05) is 12.7 Å². The van der Waals surface area contributed by atoms with Crippen LogP contribution in [-0.4, -0.2) is 23.2 Å². The number of hydrogen-bond acceptors (Lipinski definition) is 4. The second-order valence-electron chi connectivity index (χ2n) is 2.88. The summed E-state index contributed by atoms with van der Waals surface area (Å²) < 4.78 is 30.2. The number of ether oxygens (including phenoxy) is 1. The number of nitrogens with two attached hydrogens (primary N) is 1. The minimum atomic E-state index is -2.96. The molecule has 0 radical (unpaired) electrons. The zero-order valence-corrected chi connectivity index (χ0v) is 8.41. The van der Waals surface area contributed by atoms with Crippen molar-refractivity contribution < 1.29 is 23.4 Å². The Labute approximate surface area is 89.9 Å². The first-order chi connectivity index (χ1) is 7.52. The van der Waals surface area contributed by atoms with E-state index in [-0.39, 0.29) is 18.0 Å². The first kappa shape index (κ1) is 12.3. The first-order valence-electron chi connectivity index (χ1n) is 4.30. The summed E-state index contributed by atoms with van der Waals surface area (Å²) in [5.41, 5.74) is 4.12. The molecular weight excluding hydrogens is 222 g/mol. The van der Waals surface area contributed by atoms with Gasteiger partial charge in [-0.25, -0.2) is 13.6 Å². The number of pyridine rings is 1. The van der Waals surface area contributed by atoms with Crippen molar-refractivity contribution in [3.63, 3.8) is 0 Å². The fourth-order valence-corrected chi connectivity index (χ4v) is 1.31. The minimum Gasteiger partial charge on any atom is -0.494 e. The van der Waals surface area contributed by atoms with E-state index in [0.717, 1.165) is 13.3 Å². The molecule has 1 heterocycles. The Balaban J connectivity index is 3.50. The van der Waals surface area contributed by atoms with Gasteiger partial charge in [-0.15, -0.1) is 0 Å². The van der Waals surface area contributed by atoms with Crippen molar-refractivity contribution in [2.24, 2.45) is 5.73 Å². The average molecular weight is 232 g/mol. The molecule has 0 saturated carbocycles. The van der Waals surface area contributed by atoms with E-state index in [4.69, 9.17) is 15.6 Å². The molecule has 0 aromatic carbocycles. The molecule has 0 aliphatic rings. The van der Waals surface area contributed by atoms with Crippen LogP contribution in [0.5, 0.6) is 5.75 Å². The minimum absolute atomic E-state index is 0.0998. The maximum Gasteiger partial charge on any atom is 0.337 e. The van der Waals surface area contributed by atoms with Crippen LogP contribution in [0.1, 0.15) is 28.0 Å². The van der Waals surface area contributed by atoms with Crippen LogP contribution in [0.15, 0.2) is 6.20 Å². The number of carboxylic acid groups (broad SMARTS) is 1. The molecule has 0 amide bonds. The fraction of sp³-hybridized carbons (Fsp3) is 0.333. The number of aromatic nitrogens is 1. The summed E-state index contributed by atoms with van der Waals surface area (Å²) >= 11 is 0. The van der Waals surface area contributed by atoms with E-state index in [2.05, 4.69) is 4.98 Å². The van der Waals surface area contributed by atoms with Crippen LogP contribution < -0.4 is 10.5 Å². The third-order valence-electron chi connectivity index (χ3n) is 1.99. The summed E-state index contributed by atoms with van der Waals surface area (Å²) in [6, 6.07) is 0. The number of aromatic carboxylic acids is 1. The van der Waals surface area contributed by atoms with Gasteiger partial charge < -0.3 is 15.6 Å². The highest BCUT2D eigenvalue weighted by atomic mass is 19.3. The highest BCUT2D eigenvalue weighted by Crippen LogP contribution is 2.33. The summed E-state index contributed by atoms with van der Waals surface area (Å²) in [4.78, 5) is 14.4. The lowest BCUT2D eigenvalue weighted by Gasteiger charge is -2.13. The number of hydrogen-bond donors (Lipinski definition) is 2. The van der Waals surface area contributed by atoms with E-state index in [1.807, 2.05) is 0 Å². The van der Waals surface area contributed by atoms with Crippen molar-refractivity contribution in [3.05, 3.63) is 23.0 Å². The van der Waals surface area contributed by atoms with Crippen LogP contribution in [0.3, 0.4) is 0 Å². The fourth-order valence-electron chi connectivity index (χ4n) is 1.31. The molecule has 0 fully saturated rings. The predicted molar refractivity (Wildman–Crippen MR) is 50.6 cm³/mol. The molecule has 0 aliphatic heterocycles. The lowest BCUT2D eigenvalue weighted by Crippen LogP contribution is -2.11.